The topological polar surface area (TPSA) is 157 Å². The molecule has 0 fully saturated rings. The van der Waals surface area contributed by atoms with Crippen LogP contribution in [-0.4, -0.2) is 75.5 Å². The minimum atomic E-state index is -2.68. The van der Waals surface area contributed by atoms with Crippen LogP contribution in [0.2, 0.25) is 0 Å². The Morgan fingerprint density at radius 2 is 1.59 bits per heavy atom. The second kappa shape index (κ2) is 24.0. The molecule has 0 bridgehead atoms. The number of aromatic hydroxyl groups is 2. The van der Waals surface area contributed by atoms with Gasteiger partial charge in [-0.1, -0.05) is 62.4 Å². The minimum absolute atomic E-state index is 0.0389. The van der Waals surface area contributed by atoms with E-state index in [1.807, 2.05) is 47.9 Å². The number of aliphatic hydroxyl groups is 1. The maximum Gasteiger partial charge on any atom is 0.678 e. The Morgan fingerprint density at radius 3 is 2.30 bits per heavy atom. The van der Waals surface area contributed by atoms with Crippen molar-refractivity contribution in [2.75, 3.05) is 19.7 Å². The third kappa shape index (κ3) is 16.2. The van der Waals surface area contributed by atoms with Crippen LogP contribution in [0.15, 0.2) is 101 Å². The van der Waals surface area contributed by atoms with Gasteiger partial charge in [-0.2, -0.15) is 0 Å². The number of hydrogen-bond acceptors (Lipinski definition) is 9. The fourth-order valence-corrected chi connectivity index (χ4v) is 8.08. The van der Waals surface area contributed by atoms with Gasteiger partial charge in [0.2, 0.25) is 5.91 Å². The summed E-state index contributed by atoms with van der Waals surface area (Å²) >= 11 is 1.41. The maximum absolute atomic E-state index is 14.0. The van der Waals surface area contributed by atoms with Crippen molar-refractivity contribution in [3.05, 3.63) is 113 Å². The number of aromatic nitrogens is 1. The first-order chi connectivity index (χ1) is 30.6. The zero-order chi connectivity index (χ0) is 46.1. The number of aliphatic imine (C=N–C) groups is 1. The number of amides is 2. The van der Waals surface area contributed by atoms with E-state index in [2.05, 4.69) is 48.6 Å². The number of allylic oxidation sites excluding steroid dienone is 3. The van der Waals surface area contributed by atoms with Crippen LogP contribution in [0.4, 0.5) is 8.63 Å². The number of unbranched alkanes of at least 4 members (excludes halogenated alkanes) is 5. The lowest BCUT2D eigenvalue weighted by atomic mass is 9.93. The van der Waals surface area contributed by atoms with Gasteiger partial charge in [0.25, 0.3) is 5.91 Å². The van der Waals surface area contributed by atoms with Gasteiger partial charge in [0, 0.05) is 41.2 Å². The summed E-state index contributed by atoms with van der Waals surface area (Å²) in [5.74, 6) is -0.0770. The van der Waals surface area contributed by atoms with E-state index < -0.39 is 13.5 Å². The number of benzene rings is 2. The first-order valence-corrected chi connectivity index (χ1v) is 22.9. The summed E-state index contributed by atoms with van der Waals surface area (Å²) in [6, 6.07) is 18.7. The van der Waals surface area contributed by atoms with Gasteiger partial charge in [-0.25, -0.2) is 4.99 Å². The van der Waals surface area contributed by atoms with Gasteiger partial charge in [0.05, 0.1) is 23.2 Å². The molecule has 4 aromatic rings. The second-order valence-corrected chi connectivity index (χ2v) is 18.4. The minimum Gasteiger partial charge on any atom is -0.504 e. The molecule has 5 rings (SSSR count). The maximum atomic E-state index is 14.0. The van der Waals surface area contributed by atoms with Crippen molar-refractivity contribution in [3.8, 4) is 27.8 Å². The third-order valence-electron chi connectivity index (χ3n) is 11.0. The number of phenolic OH excluding ortho intramolecular Hbond substituents is 2. The number of phenols is 2. The van der Waals surface area contributed by atoms with Crippen molar-refractivity contribution < 1.29 is 38.3 Å². The van der Waals surface area contributed by atoms with Crippen molar-refractivity contribution in [1.82, 2.24) is 20.4 Å². The van der Waals surface area contributed by atoms with E-state index in [-0.39, 0.29) is 41.0 Å². The van der Waals surface area contributed by atoms with Gasteiger partial charge in [0.15, 0.2) is 18.1 Å². The van der Waals surface area contributed by atoms with Crippen LogP contribution in [0.3, 0.4) is 0 Å². The predicted octanol–water partition coefficient (Wildman–Crippen LogP) is 9.86. The lowest BCUT2D eigenvalue weighted by molar-refractivity contribution is -0.124. The molecule has 3 heterocycles. The SMILES string of the molecule is CC(C)(CCCCCCC(C)(C)NC(=O)CCCCCNC(=O)COc1ccc(/C=C/C2=NC(=C\c3ccc(-c4cccs4)n3B(F)F)/C=C2)cc1)NC[C@H](O)c1ccc(O)c(O)c1. The molecule has 11 nitrogen and oxygen atoms in total. The summed E-state index contributed by atoms with van der Waals surface area (Å²) in [6.45, 7) is 9.07. The van der Waals surface area contributed by atoms with E-state index in [0.717, 1.165) is 72.7 Å². The number of thiophene rings is 1. The summed E-state index contributed by atoms with van der Waals surface area (Å²) in [6.07, 6.45) is 17.0. The molecule has 0 unspecified atom stereocenters. The van der Waals surface area contributed by atoms with Crippen molar-refractivity contribution in [1.29, 1.82) is 0 Å². The number of ether oxygens (including phenoxy) is 1. The Hall–Kier alpha value is -5.51. The van der Waals surface area contributed by atoms with Crippen LogP contribution in [0, 0.1) is 0 Å². The molecular formula is C49H62BF2N5O6S. The van der Waals surface area contributed by atoms with E-state index >= 15 is 0 Å². The Labute approximate surface area is 380 Å². The quantitative estimate of drug-likeness (QED) is 0.0208. The molecule has 2 aromatic heterocycles. The number of aliphatic hydroxyl groups excluding tert-OH is 1. The normalized spacial score (nSPS) is 14.0. The second-order valence-electron chi connectivity index (χ2n) is 17.4. The molecule has 0 spiro atoms. The van der Waals surface area contributed by atoms with Gasteiger partial charge in [0.1, 0.15) is 5.75 Å². The van der Waals surface area contributed by atoms with E-state index in [4.69, 9.17) is 4.74 Å². The van der Waals surface area contributed by atoms with Gasteiger partial charge in [-0.15, -0.1) is 11.3 Å². The first kappa shape index (κ1) is 49.5. The molecule has 1 aliphatic heterocycles. The van der Waals surface area contributed by atoms with Crippen LogP contribution in [0.5, 0.6) is 17.2 Å². The zero-order valence-corrected chi connectivity index (χ0v) is 38.1. The monoisotopic (exact) mass is 897 g/mol. The van der Waals surface area contributed by atoms with Gasteiger partial charge in [-0.05, 0) is 137 Å². The van der Waals surface area contributed by atoms with Crippen molar-refractivity contribution in [2.45, 2.75) is 109 Å². The highest BCUT2D eigenvalue weighted by Gasteiger charge is 2.25. The molecule has 0 radical (unpaired) electrons. The first-order valence-electron chi connectivity index (χ1n) is 22.0. The number of carbonyl (C=O) groups excluding carboxylic acids is 2. The van der Waals surface area contributed by atoms with Gasteiger partial charge < -0.3 is 40.5 Å². The molecule has 0 aliphatic carbocycles. The summed E-state index contributed by atoms with van der Waals surface area (Å²) in [5.41, 5.74) is 3.10. The smallest absolute Gasteiger partial charge is 0.504 e. The van der Waals surface area contributed by atoms with Crippen molar-refractivity contribution >= 4 is 48.4 Å². The van der Waals surface area contributed by atoms with E-state index in [1.165, 1.54) is 23.5 Å². The molecule has 2 aromatic carbocycles. The largest absolute Gasteiger partial charge is 0.678 e. The Bertz CT molecular complexity index is 2250. The van der Waals surface area contributed by atoms with Crippen LogP contribution >= 0.6 is 11.3 Å². The van der Waals surface area contributed by atoms with Gasteiger partial charge >= 0.3 is 7.40 Å². The highest BCUT2D eigenvalue weighted by Crippen LogP contribution is 2.30. The fraction of sp³-hybridized carbons (Fsp3) is 0.408. The Kier molecular flexibility index (Phi) is 18.5. The molecule has 1 atom stereocenters. The van der Waals surface area contributed by atoms with E-state index in [1.54, 1.807) is 42.5 Å². The highest BCUT2D eigenvalue weighted by atomic mass is 32.1. The van der Waals surface area contributed by atoms with Crippen LogP contribution in [0.25, 0.3) is 22.7 Å². The molecule has 0 saturated carbocycles. The Balaban J connectivity index is 0.884. The number of rotatable bonds is 26. The molecule has 6 N–H and O–H groups in total. The molecule has 0 saturated heterocycles. The zero-order valence-electron chi connectivity index (χ0n) is 37.3. The summed E-state index contributed by atoms with van der Waals surface area (Å²) in [4.78, 5) is 30.4. The molecule has 342 valence electrons. The number of carbonyl (C=O) groups is 2. The standard InChI is InChI=1S/C49H62BF2N5O6S/c1-48(2,54-33-44(60)36-18-26-42(58)43(59)31-36)27-9-5-6-10-28-49(3,4)56-46(61)14-8-7-11-29-53-47(62)34-63-40-23-16-35(17-24-40)15-19-37-20-21-38(55-37)32-39-22-25-41(57(39)50(51)52)45-13-12-30-64-45/h12-13,15-26,30-32,44,54,58-60H,5-11,14,27-29,33-34H2,1-4H3,(H,53,62)(H,56,61)/b19-15+,38-32-/t44-/m0/s1. The molecule has 1 aliphatic rings. The summed E-state index contributed by atoms with van der Waals surface area (Å²) < 4.78 is 34.6. The van der Waals surface area contributed by atoms with E-state index in [0.29, 0.717) is 53.6 Å². The molecule has 64 heavy (non-hydrogen) atoms. The van der Waals surface area contributed by atoms with Crippen molar-refractivity contribution in [3.63, 3.8) is 0 Å². The number of nitrogens with one attached hydrogen (secondary N) is 3. The van der Waals surface area contributed by atoms with Crippen LogP contribution < -0.4 is 20.7 Å². The molecule has 2 amide bonds. The summed E-state index contributed by atoms with van der Waals surface area (Å²) in [7, 11) is -2.68. The predicted molar refractivity (Wildman–Crippen MR) is 255 cm³/mol. The van der Waals surface area contributed by atoms with E-state index in [9.17, 15) is 33.5 Å². The molecule has 15 heteroatoms. The molecular weight excluding hydrogens is 835 g/mol. The van der Waals surface area contributed by atoms with Crippen molar-refractivity contribution in [2.24, 2.45) is 4.99 Å². The third-order valence-corrected chi connectivity index (χ3v) is 11.9. The summed E-state index contributed by atoms with van der Waals surface area (Å²) in [5, 5.41) is 41.0. The number of hydrogen-bond donors (Lipinski definition) is 6. The average molecular weight is 898 g/mol. The lowest BCUT2D eigenvalue weighted by Crippen LogP contribution is -2.43. The lowest BCUT2D eigenvalue weighted by Gasteiger charge is -2.28. The number of halogens is 2. The average Bonchev–Trinajstić information content (AvgIpc) is 4.04. The number of β-amino-alcohol motifs (C(OH)–C–C–N with tert-alkyl or cyclic N) is 1. The highest BCUT2D eigenvalue weighted by molar-refractivity contribution is 7.13. The van der Waals surface area contributed by atoms with Crippen LogP contribution in [-0.2, 0) is 9.59 Å². The Morgan fingerprint density at radius 1 is 0.859 bits per heavy atom. The van der Waals surface area contributed by atoms with Gasteiger partial charge in [-0.3, -0.25) is 18.2 Å². The van der Waals surface area contributed by atoms with Crippen LogP contribution in [0.1, 0.15) is 115 Å². The fourth-order valence-electron chi connectivity index (χ4n) is 7.33. The number of nitrogens with zero attached hydrogens (tertiary/aromatic N) is 2.